The van der Waals surface area contributed by atoms with Gasteiger partial charge >= 0.3 is 0 Å². The Hall–Kier alpha value is -1.96. The number of nitrogens with zero attached hydrogens (tertiary/aromatic N) is 4. The van der Waals surface area contributed by atoms with E-state index in [2.05, 4.69) is 20.6 Å². The lowest BCUT2D eigenvalue weighted by Crippen LogP contribution is -2.30. The maximum Gasteiger partial charge on any atom is 0.205 e. The molecule has 2 N–H and O–H groups in total. The fraction of sp³-hybridized carbons (Fsp3) is 0.312. The molecule has 0 spiro atoms. The number of aryl methyl sites for hydroxylation is 1. The van der Waals surface area contributed by atoms with Gasteiger partial charge in [0, 0.05) is 36.8 Å². The monoisotopic (exact) mass is 363 g/mol. The van der Waals surface area contributed by atoms with E-state index in [9.17, 15) is 5.11 Å². The van der Waals surface area contributed by atoms with Crippen LogP contribution in [-0.4, -0.2) is 31.6 Å². The summed E-state index contributed by atoms with van der Waals surface area (Å²) < 4.78 is 1.67. The average Bonchev–Trinajstić information content (AvgIpc) is 3.17. The van der Waals surface area contributed by atoms with Crippen LogP contribution >= 0.6 is 22.9 Å². The zero-order chi connectivity index (χ0) is 17.2. The molecule has 0 aliphatic rings. The predicted molar refractivity (Wildman–Crippen MR) is 95.4 cm³/mol. The standard InChI is InChI=1S/C16H18ClN5OS/c1-16(23,12-8-19-22(2)9-12)10-18-15-21-20-14(24-15)7-11-3-5-13(17)6-4-11/h3-6,8-9,23H,7,10H2,1-2H3,(H,18,21). The van der Waals surface area contributed by atoms with E-state index in [1.54, 1.807) is 24.0 Å². The number of hydrogen-bond acceptors (Lipinski definition) is 6. The molecule has 126 valence electrons. The summed E-state index contributed by atoms with van der Waals surface area (Å²) in [5.74, 6) is 0. The molecule has 0 saturated carbocycles. The molecule has 0 bridgehead atoms. The zero-order valence-corrected chi connectivity index (χ0v) is 15.0. The third-order valence-electron chi connectivity index (χ3n) is 3.65. The second kappa shape index (κ2) is 6.88. The average molecular weight is 364 g/mol. The van der Waals surface area contributed by atoms with Crippen molar-refractivity contribution in [2.45, 2.75) is 18.9 Å². The van der Waals surface area contributed by atoms with Gasteiger partial charge < -0.3 is 10.4 Å². The molecule has 0 saturated heterocycles. The Morgan fingerprint density at radius 2 is 2.04 bits per heavy atom. The molecule has 0 aliphatic carbocycles. The van der Waals surface area contributed by atoms with Crippen molar-refractivity contribution in [1.29, 1.82) is 0 Å². The van der Waals surface area contributed by atoms with E-state index < -0.39 is 5.60 Å². The number of aliphatic hydroxyl groups is 1. The molecule has 3 rings (SSSR count). The van der Waals surface area contributed by atoms with Crippen molar-refractivity contribution in [3.05, 3.63) is 57.8 Å². The van der Waals surface area contributed by atoms with Gasteiger partial charge in [-0.2, -0.15) is 5.10 Å². The molecular weight excluding hydrogens is 346 g/mol. The summed E-state index contributed by atoms with van der Waals surface area (Å²) in [6.07, 6.45) is 4.16. The van der Waals surface area contributed by atoms with Crippen LogP contribution < -0.4 is 5.32 Å². The Kier molecular flexibility index (Phi) is 4.84. The van der Waals surface area contributed by atoms with E-state index in [0.717, 1.165) is 21.2 Å². The molecule has 1 atom stereocenters. The SMILES string of the molecule is Cn1cc(C(C)(O)CNc2nnc(Cc3ccc(Cl)cc3)s2)cn1. The summed E-state index contributed by atoms with van der Waals surface area (Å²) in [6, 6.07) is 7.68. The van der Waals surface area contributed by atoms with Crippen molar-refractivity contribution in [2.75, 3.05) is 11.9 Å². The molecular formula is C16H18ClN5OS. The summed E-state index contributed by atoms with van der Waals surface area (Å²) in [5, 5.41) is 28.4. The fourth-order valence-corrected chi connectivity index (χ4v) is 3.12. The topological polar surface area (TPSA) is 75.9 Å². The number of benzene rings is 1. The lowest BCUT2D eigenvalue weighted by atomic mass is 10.00. The van der Waals surface area contributed by atoms with Crippen molar-refractivity contribution in [3.63, 3.8) is 0 Å². The van der Waals surface area contributed by atoms with E-state index >= 15 is 0 Å². The predicted octanol–water partition coefficient (Wildman–Crippen LogP) is 2.84. The molecule has 2 heterocycles. The van der Waals surface area contributed by atoms with Crippen molar-refractivity contribution in [3.8, 4) is 0 Å². The summed E-state index contributed by atoms with van der Waals surface area (Å²) in [5.41, 5.74) is 0.851. The second-order valence-corrected chi connectivity index (χ2v) is 7.33. The maximum atomic E-state index is 10.6. The Bertz CT molecular complexity index is 812. The van der Waals surface area contributed by atoms with Gasteiger partial charge in [-0.05, 0) is 24.6 Å². The minimum Gasteiger partial charge on any atom is -0.383 e. The Morgan fingerprint density at radius 1 is 1.29 bits per heavy atom. The van der Waals surface area contributed by atoms with Crippen LogP contribution in [0.3, 0.4) is 0 Å². The summed E-state index contributed by atoms with van der Waals surface area (Å²) >= 11 is 7.36. The van der Waals surface area contributed by atoms with E-state index in [1.807, 2.05) is 31.3 Å². The molecule has 0 radical (unpaired) electrons. The molecule has 24 heavy (non-hydrogen) atoms. The highest BCUT2D eigenvalue weighted by Gasteiger charge is 2.25. The minimum absolute atomic E-state index is 0.328. The molecule has 2 aromatic heterocycles. The van der Waals surface area contributed by atoms with Gasteiger partial charge in [-0.25, -0.2) is 0 Å². The molecule has 1 unspecified atom stereocenters. The number of rotatable bonds is 6. The Labute approximate surface area is 149 Å². The number of hydrogen-bond donors (Lipinski definition) is 2. The number of nitrogens with one attached hydrogen (secondary N) is 1. The molecule has 8 heteroatoms. The van der Waals surface area contributed by atoms with E-state index in [0.29, 0.717) is 18.1 Å². The zero-order valence-electron chi connectivity index (χ0n) is 13.4. The quantitative estimate of drug-likeness (QED) is 0.704. The molecule has 0 fully saturated rings. The number of anilines is 1. The normalized spacial score (nSPS) is 13.7. The van der Waals surface area contributed by atoms with Crippen molar-refractivity contribution in [2.24, 2.45) is 7.05 Å². The fourth-order valence-electron chi connectivity index (χ4n) is 2.22. The lowest BCUT2D eigenvalue weighted by molar-refractivity contribution is 0.0714. The third-order valence-corrected chi connectivity index (χ3v) is 4.78. The highest BCUT2D eigenvalue weighted by atomic mass is 35.5. The summed E-state index contributed by atoms with van der Waals surface area (Å²) in [7, 11) is 1.82. The van der Waals surface area contributed by atoms with E-state index in [4.69, 9.17) is 11.6 Å². The van der Waals surface area contributed by atoms with Gasteiger partial charge in [-0.1, -0.05) is 35.1 Å². The number of halogens is 1. The first-order chi connectivity index (χ1) is 11.4. The minimum atomic E-state index is -1.03. The van der Waals surface area contributed by atoms with Crippen LogP contribution in [0.2, 0.25) is 5.02 Å². The maximum absolute atomic E-state index is 10.6. The lowest BCUT2D eigenvalue weighted by Gasteiger charge is -2.21. The van der Waals surface area contributed by atoms with Gasteiger partial charge in [0.25, 0.3) is 0 Å². The van der Waals surface area contributed by atoms with E-state index in [1.165, 1.54) is 11.3 Å². The third kappa shape index (κ3) is 4.11. The molecule has 3 aromatic rings. The van der Waals surface area contributed by atoms with Crippen LogP contribution in [0.1, 0.15) is 23.1 Å². The van der Waals surface area contributed by atoms with Crippen molar-refractivity contribution >= 4 is 28.1 Å². The van der Waals surface area contributed by atoms with Gasteiger partial charge in [0.1, 0.15) is 10.6 Å². The molecule has 1 aromatic carbocycles. The molecule has 0 amide bonds. The Morgan fingerprint density at radius 3 is 2.71 bits per heavy atom. The molecule has 6 nitrogen and oxygen atoms in total. The first-order valence-electron chi connectivity index (χ1n) is 7.44. The van der Waals surface area contributed by atoms with Crippen molar-refractivity contribution < 1.29 is 5.11 Å². The first-order valence-corrected chi connectivity index (χ1v) is 8.64. The smallest absolute Gasteiger partial charge is 0.205 e. The molecule has 0 aliphatic heterocycles. The largest absolute Gasteiger partial charge is 0.383 e. The van der Waals surface area contributed by atoms with Crippen LogP contribution in [0, 0.1) is 0 Å². The van der Waals surface area contributed by atoms with Gasteiger partial charge in [-0.15, -0.1) is 10.2 Å². The van der Waals surface area contributed by atoms with Crippen molar-refractivity contribution in [1.82, 2.24) is 20.0 Å². The van der Waals surface area contributed by atoms with Crippen LogP contribution in [0.15, 0.2) is 36.7 Å². The van der Waals surface area contributed by atoms with E-state index in [-0.39, 0.29) is 0 Å². The first kappa shape index (κ1) is 16.9. The number of aromatic nitrogens is 4. The van der Waals surface area contributed by atoms with Crippen LogP contribution in [-0.2, 0) is 19.1 Å². The van der Waals surface area contributed by atoms with Crippen LogP contribution in [0.25, 0.3) is 0 Å². The van der Waals surface area contributed by atoms with Gasteiger partial charge in [0.05, 0.1) is 6.20 Å². The van der Waals surface area contributed by atoms with Crippen LogP contribution in [0.5, 0.6) is 0 Å². The highest BCUT2D eigenvalue weighted by molar-refractivity contribution is 7.15. The second-order valence-electron chi connectivity index (χ2n) is 5.83. The van der Waals surface area contributed by atoms with Gasteiger partial charge in [0.15, 0.2) is 0 Å². The van der Waals surface area contributed by atoms with Gasteiger partial charge in [0.2, 0.25) is 5.13 Å². The summed E-state index contributed by atoms with van der Waals surface area (Å²) in [4.78, 5) is 0. The van der Waals surface area contributed by atoms with Crippen LogP contribution in [0.4, 0.5) is 5.13 Å². The Balaban J connectivity index is 1.60. The summed E-state index contributed by atoms with van der Waals surface area (Å²) in [6.45, 7) is 2.07. The highest BCUT2D eigenvalue weighted by Crippen LogP contribution is 2.23. The van der Waals surface area contributed by atoms with Gasteiger partial charge in [-0.3, -0.25) is 4.68 Å².